The molecule has 1 aromatic heterocycles. The number of aromatic nitrogens is 1. The number of thiazole rings is 1. The molecule has 0 bridgehead atoms. The first-order valence-electron chi connectivity index (χ1n) is 6.72. The van der Waals surface area contributed by atoms with Gasteiger partial charge >= 0.3 is 0 Å². The quantitative estimate of drug-likeness (QED) is 0.634. The van der Waals surface area contributed by atoms with Gasteiger partial charge in [0.25, 0.3) is 0 Å². The molecule has 1 aromatic carbocycles. The summed E-state index contributed by atoms with van der Waals surface area (Å²) in [6.07, 6.45) is 0.974. The van der Waals surface area contributed by atoms with Crippen molar-refractivity contribution in [2.45, 2.75) is 39.3 Å². The number of aryl methyl sites for hydroxylation is 1. The van der Waals surface area contributed by atoms with Gasteiger partial charge in [0.05, 0.1) is 17.2 Å². The Hall–Kier alpha value is -1.43. The van der Waals surface area contributed by atoms with Crippen molar-refractivity contribution in [3.8, 4) is 5.75 Å². The van der Waals surface area contributed by atoms with Gasteiger partial charge in [-0.25, -0.2) is 4.98 Å². The maximum atomic E-state index is 5.67. The van der Waals surface area contributed by atoms with Crippen LogP contribution in [0.15, 0.2) is 29.6 Å². The molecule has 0 spiro atoms. The van der Waals surface area contributed by atoms with E-state index in [0.717, 1.165) is 28.4 Å². The summed E-state index contributed by atoms with van der Waals surface area (Å²) in [5.74, 6) is 6.55. The molecule has 0 aliphatic carbocycles. The SMILES string of the molecule is Cc1csc(CC(NN)c2ccc(OC(C)C)cc2)n1. The molecule has 0 radical (unpaired) electrons. The molecule has 3 N–H and O–H groups in total. The average molecular weight is 291 g/mol. The van der Waals surface area contributed by atoms with Crippen LogP contribution in [0.5, 0.6) is 5.75 Å². The molecular weight excluding hydrogens is 270 g/mol. The minimum Gasteiger partial charge on any atom is -0.491 e. The van der Waals surface area contributed by atoms with E-state index in [1.54, 1.807) is 11.3 Å². The summed E-state index contributed by atoms with van der Waals surface area (Å²) >= 11 is 1.67. The van der Waals surface area contributed by atoms with Crippen molar-refractivity contribution in [2.75, 3.05) is 0 Å². The molecular formula is C15H21N3OS. The van der Waals surface area contributed by atoms with Crippen molar-refractivity contribution >= 4 is 11.3 Å². The predicted molar refractivity (Wildman–Crippen MR) is 82.8 cm³/mol. The van der Waals surface area contributed by atoms with E-state index in [4.69, 9.17) is 10.6 Å². The summed E-state index contributed by atoms with van der Waals surface area (Å²) in [6, 6.07) is 8.11. The highest BCUT2D eigenvalue weighted by Crippen LogP contribution is 2.22. The Morgan fingerprint density at radius 1 is 1.30 bits per heavy atom. The number of ether oxygens (including phenoxy) is 1. The van der Waals surface area contributed by atoms with E-state index in [9.17, 15) is 0 Å². The van der Waals surface area contributed by atoms with Crippen LogP contribution in [0.2, 0.25) is 0 Å². The molecule has 108 valence electrons. The van der Waals surface area contributed by atoms with Gasteiger partial charge in [-0.1, -0.05) is 12.1 Å². The van der Waals surface area contributed by atoms with Gasteiger partial charge in [0.15, 0.2) is 0 Å². The van der Waals surface area contributed by atoms with Gasteiger partial charge in [0.1, 0.15) is 5.75 Å². The molecule has 0 saturated heterocycles. The van der Waals surface area contributed by atoms with Crippen molar-refractivity contribution in [3.05, 3.63) is 45.9 Å². The fourth-order valence-electron chi connectivity index (χ4n) is 1.99. The van der Waals surface area contributed by atoms with Crippen LogP contribution in [0.1, 0.15) is 36.2 Å². The Bertz CT molecular complexity index is 536. The van der Waals surface area contributed by atoms with Gasteiger partial charge in [0.2, 0.25) is 0 Å². The van der Waals surface area contributed by atoms with Crippen LogP contribution in [0, 0.1) is 6.92 Å². The fraction of sp³-hybridized carbons (Fsp3) is 0.400. The number of hydrogen-bond donors (Lipinski definition) is 2. The monoisotopic (exact) mass is 291 g/mol. The topological polar surface area (TPSA) is 60.2 Å². The Morgan fingerprint density at radius 2 is 2.00 bits per heavy atom. The van der Waals surface area contributed by atoms with Gasteiger partial charge < -0.3 is 4.74 Å². The van der Waals surface area contributed by atoms with Gasteiger partial charge in [0, 0.05) is 17.5 Å². The molecule has 0 amide bonds. The molecule has 1 unspecified atom stereocenters. The van der Waals surface area contributed by atoms with Crippen LogP contribution in [-0.4, -0.2) is 11.1 Å². The molecule has 0 fully saturated rings. The van der Waals surface area contributed by atoms with E-state index in [-0.39, 0.29) is 12.1 Å². The first-order valence-corrected chi connectivity index (χ1v) is 7.60. The van der Waals surface area contributed by atoms with E-state index in [1.165, 1.54) is 0 Å². The minimum absolute atomic E-state index is 0.0636. The lowest BCUT2D eigenvalue weighted by Crippen LogP contribution is -2.29. The van der Waals surface area contributed by atoms with Crippen LogP contribution in [-0.2, 0) is 6.42 Å². The third-order valence-electron chi connectivity index (χ3n) is 2.90. The molecule has 20 heavy (non-hydrogen) atoms. The van der Waals surface area contributed by atoms with Crippen LogP contribution < -0.4 is 16.0 Å². The highest BCUT2D eigenvalue weighted by molar-refractivity contribution is 7.09. The Balaban J connectivity index is 2.07. The zero-order valence-electron chi connectivity index (χ0n) is 12.1. The van der Waals surface area contributed by atoms with E-state index < -0.39 is 0 Å². The number of benzene rings is 1. The third kappa shape index (κ3) is 4.03. The largest absolute Gasteiger partial charge is 0.491 e. The molecule has 0 aliphatic rings. The smallest absolute Gasteiger partial charge is 0.119 e. The van der Waals surface area contributed by atoms with Crippen molar-refractivity contribution < 1.29 is 4.74 Å². The standard InChI is InChI=1S/C15H21N3OS/c1-10(2)19-13-6-4-12(5-7-13)14(18-16)8-15-17-11(3)9-20-15/h4-7,9-10,14,18H,8,16H2,1-3H3. The van der Waals surface area contributed by atoms with Crippen molar-refractivity contribution in [2.24, 2.45) is 5.84 Å². The van der Waals surface area contributed by atoms with Crippen LogP contribution >= 0.6 is 11.3 Å². The summed E-state index contributed by atoms with van der Waals surface area (Å²) in [5, 5.41) is 3.15. The Morgan fingerprint density at radius 3 is 2.50 bits per heavy atom. The number of nitrogens with two attached hydrogens (primary N) is 1. The van der Waals surface area contributed by atoms with Crippen molar-refractivity contribution in [1.82, 2.24) is 10.4 Å². The van der Waals surface area contributed by atoms with Crippen LogP contribution in [0.4, 0.5) is 0 Å². The summed E-state index contributed by atoms with van der Waals surface area (Å²) in [7, 11) is 0. The summed E-state index contributed by atoms with van der Waals surface area (Å²) in [5.41, 5.74) is 5.05. The molecule has 2 rings (SSSR count). The number of nitrogens with zero attached hydrogens (tertiary/aromatic N) is 1. The number of nitrogens with one attached hydrogen (secondary N) is 1. The van der Waals surface area contributed by atoms with Crippen molar-refractivity contribution in [3.63, 3.8) is 0 Å². The molecule has 0 saturated carbocycles. The fourth-order valence-corrected chi connectivity index (χ4v) is 2.81. The maximum Gasteiger partial charge on any atom is 0.119 e. The number of rotatable bonds is 6. The van der Waals surface area contributed by atoms with E-state index >= 15 is 0 Å². The molecule has 1 heterocycles. The second-order valence-corrected chi connectivity index (χ2v) is 5.98. The molecule has 4 nitrogen and oxygen atoms in total. The lowest BCUT2D eigenvalue weighted by atomic mass is 10.0. The van der Waals surface area contributed by atoms with E-state index in [0.29, 0.717) is 0 Å². The first kappa shape index (κ1) is 15.0. The van der Waals surface area contributed by atoms with Gasteiger partial charge in [-0.3, -0.25) is 11.3 Å². The van der Waals surface area contributed by atoms with Gasteiger partial charge in [-0.2, -0.15) is 0 Å². The third-order valence-corrected chi connectivity index (χ3v) is 3.89. The maximum absolute atomic E-state index is 5.67. The zero-order valence-corrected chi connectivity index (χ0v) is 12.9. The summed E-state index contributed by atoms with van der Waals surface area (Å²) in [4.78, 5) is 4.48. The lowest BCUT2D eigenvalue weighted by Gasteiger charge is -2.16. The minimum atomic E-state index is 0.0636. The second-order valence-electron chi connectivity index (χ2n) is 5.04. The van der Waals surface area contributed by atoms with Gasteiger partial charge in [-0.05, 0) is 38.5 Å². The highest BCUT2D eigenvalue weighted by Gasteiger charge is 2.13. The number of hydrazine groups is 1. The van der Waals surface area contributed by atoms with Crippen molar-refractivity contribution in [1.29, 1.82) is 0 Å². The van der Waals surface area contributed by atoms with Crippen LogP contribution in [0.3, 0.4) is 0 Å². The normalized spacial score (nSPS) is 12.7. The molecule has 0 aliphatic heterocycles. The van der Waals surface area contributed by atoms with E-state index in [1.807, 2.05) is 45.0 Å². The second kappa shape index (κ2) is 6.83. The molecule has 2 aromatic rings. The zero-order chi connectivity index (χ0) is 14.5. The van der Waals surface area contributed by atoms with E-state index in [2.05, 4.69) is 15.8 Å². The molecule has 5 heteroatoms. The predicted octanol–water partition coefficient (Wildman–Crippen LogP) is 2.99. The lowest BCUT2D eigenvalue weighted by molar-refractivity contribution is 0.242. The summed E-state index contributed by atoms with van der Waals surface area (Å²) in [6.45, 7) is 6.04. The average Bonchev–Trinajstić information content (AvgIpc) is 2.82. The molecule has 1 atom stereocenters. The van der Waals surface area contributed by atoms with Crippen LogP contribution in [0.25, 0.3) is 0 Å². The Kier molecular flexibility index (Phi) is 5.11. The van der Waals surface area contributed by atoms with Gasteiger partial charge in [-0.15, -0.1) is 11.3 Å². The highest BCUT2D eigenvalue weighted by atomic mass is 32.1. The first-order chi connectivity index (χ1) is 9.58. The summed E-state index contributed by atoms with van der Waals surface area (Å²) < 4.78 is 5.64. The Labute approximate surface area is 124 Å². The number of hydrogen-bond acceptors (Lipinski definition) is 5.